The molecule has 0 spiro atoms. The molecule has 1 rings (SSSR count). The average molecular weight is 281 g/mol. The first kappa shape index (κ1) is 15.4. The van der Waals surface area contributed by atoms with Crippen LogP contribution in [0.25, 0.3) is 0 Å². The number of carbonyl (C=O) groups is 2. The number of benzene rings is 1. The van der Waals surface area contributed by atoms with Crippen molar-refractivity contribution in [1.29, 1.82) is 0 Å². The zero-order valence-corrected chi connectivity index (χ0v) is 12.0. The molecule has 2 amide bonds. The molecule has 0 radical (unpaired) electrons. The summed E-state index contributed by atoms with van der Waals surface area (Å²) in [7, 11) is 0. The van der Waals surface area contributed by atoms with E-state index in [1.165, 1.54) is 18.7 Å². The Kier molecular flexibility index (Phi) is 6.21. The summed E-state index contributed by atoms with van der Waals surface area (Å²) in [6, 6.07) is 5.76. The zero-order valence-electron chi connectivity index (χ0n) is 11.2. The van der Waals surface area contributed by atoms with Gasteiger partial charge in [0.15, 0.2) is 0 Å². The normalized spacial score (nSPS) is 10.0. The van der Waals surface area contributed by atoms with E-state index in [4.69, 9.17) is 5.73 Å². The molecule has 5 nitrogen and oxygen atoms in total. The molecular formula is C13H19N3O2S. The van der Waals surface area contributed by atoms with Crippen molar-refractivity contribution in [3.63, 3.8) is 0 Å². The molecule has 0 bridgehead atoms. The number of rotatable bonds is 6. The van der Waals surface area contributed by atoms with Crippen LogP contribution in [-0.2, 0) is 9.59 Å². The molecule has 0 aliphatic rings. The number of hydrogen-bond acceptors (Lipinski definition) is 4. The molecule has 0 heterocycles. The first-order chi connectivity index (χ1) is 9.00. The molecule has 0 atom stereocenters. The van der Waals surface area contributed by atoms with Crippen molar-refractivity contribution >= 4 is 29.3 Å². The van der Waals surface area contributed by atoms with Crippen molar-refractivity contribution in [2.24, 2.45) is 0 Å². The number of anilines is 1. The van der Waals surface area contributed by atoms with E-state index < -0.39 is 0 Å². The molecule has 0 saturated carbocycles. The lowest BCUT2D eigenvalue weighted by molar-refractivity contribution is -0.120. The lowest BCUT2D eigenvalue weighted by Crippen LogP contribution is -2.34. The van der Waals surface area contributed by atoms with Gasteiger partial charge in [0.05, 0.1) is 5.75 Å². The minimum atomic E-state index is -0.101. The predicted octanol–water partition coefficient (Wildman–Crippen LogP) is 0.922. The fraction of sp³-hybridized carbons (Fsp3) is 0.385. The van der Waals surface area contributed by atoms with E-state index in [-0.39, 0.29) is 11.8 Å². The third kappa shape index (κ3) is 5.65. The number of nitrogens with one attached hydrogen (secondary N) is 2. The molecule has 19 heavy (non-hydrogen) atoms. The zero-order chi connectivity index (χ0) is 14.3. The smallest absolute Gasteiger partial charge is 0.230 e. The molecule has 1 aromatic carbocycles. The van der Waals surface area contributed by atoms with Crippen molar-refractivity contribution in [2.45, 2.75) is 18.7 Å². The number of amides is 2. The van der Waals surface area contributed by atoms with Gasteiger partial charge >= 0.3 is 0 Å². The van der Waals surface area contributed by atoms with Crippen molar-refractivity contribution in [3.05, 3.63) is 23.8 Å². The first-order valence-electron chi connectivity index (χ1n) is 5.99. The third-order valence-corrected chi connectivity index (χ3v) is 3.54. The monoisotopic (exact) mass is 281 g/mol. The van der Waals surface area contributed by atoms with Gasteiger partial charge in [-0.2, -0.15) is 0 Å². The maximum absolute atomic E-state index is 11.6. The Bertz CT molecular complexity index is 463. The Hall–Kier alpha value is -1.69. The highest BCUT2D eigenvalue weighted by Crippen LogP contribution is 2.26. The van der Waals surface area contributed by atoms with Gasteiger partial charge in [-0.15, -0.1) is 11.8 Å². The summed E-state index contributed by atoms with van der Waals surface area (Å²) >= 11 is 1.41. The predicted molar refractivity (Wildman–Crippen MR) is 78.0 cm³/mol. The quantitative estimate of drug-likeness (QED) is 0.411. The van der Waals surface area contributed by atoms with Crippen LogP contribution < -0.4 is 16.4 Å². The van der Waals surface area contributed by atoms with Crippen LogP contribution in [-0.4, -0.2) is 30.7 Å². The van der Waals surface area contributed by atoms with Crippen LogP contribution >= 0.6 is 11.8 Å². The second-order valence-electron chi connectivity index (χ2n) is 4.11. The molecule has 104 valence electrons. The van der Waals surface area contributed by atoms with Gasteiger partial charge in [0.1, 0.15) is 0 Å². The standard InChI is InChI=1S/C13H19N3O2S/c1-9-4-3-5-11(13(9)14)19-8-12(18)16-7-6-15-10(2)17/h3-5H,6-8,14H2,1-2H3,(H,15,17)(H,16,18). The minimum Gasteiger partial charge on any atom is -0.398 e. The van der Waals surface area contributed by atoms with E-state index in [9.17, 15) is 9.59 Å². The topological polar surface area (TPSA) is 84.2 Å². The molecule has 6 heteroatoms. The Balaban J connectivity index is 2.30. The van der Waals surface area contributed by atoms with Crippen LogP contribution in [0.5, 0.6) is 0 Å². The lowest BCUT2D eigenvalue weighted by atomic mass is 10.2. The van der Waals surface area contributed by atoms with E-state index in [1.54, 1.807) is 0 Å². The lowest BCUT2D eigenvalue weighted by Gasteiger charge is -2.08. The SMILES string of the molecule is CC(=O)NCCNC(=O)CSc1cccc(C)c1N. The van der Waals surface area contributed by atoms with Crippen LogP contribution in [0, 0.1) is 6.92 Å². The Morgan fingerprint density at radius 1 is 1.26 bits per heavy atom. The van der Waals surface area contributed by atoms with Crippen LogP contribution in [0.1, 0.15) is 12.5 Å². The number of nitrogen functional groups attached to an aromatic ring is 1. The summed E-state index contributed by atoms with van der Waals surface area (Å²) in [6.07, 6.45) is 0. The van der Waals surface area contributed by atoms with Gasteiger partial charge in [-0.25, -0.2) is 0 Å². The summed E-state index contributed by atoms with van der Waals surface area (Å²) in [5.41, 5.74) is 7.65. The summed E-state index contributed by atoms with van der Waals surface area (Å²) < 4.78 is 0. The largest absolute Gasteiger partial charge is 0.398 e. The molecule has 1 aromatic rings. The van der Waals surface area contributed by atoms with E-state index in [1.807, 2.05) is 25.1 Å². The number of carbonyl (C=O) groups excluding carboxylic acids is 2. The van der Waals surface area contributed by atoms with Gasteiger partial charge in [0, 0.05) is 30.6 Å². The summed E-state index contributed by atoms with van der Waals surface area (Å²) in [4.78, 5) is 23.1. The highest BCUT2D eigenvalue weighted by atomic mass is 32.2. The number of aryl methyl sites for hydroxylation is 1. The Morgan fingerprint density at radius 3 is 2.63 bits per heavy atom. The van der Waals surface area contributed by atoms with Gasteiger partial charge in [-0.05, 0) is 18.6 Å². The van der Waals surface area contributed by atoms with Gasteiger partial charge in [-0.1, -0.05) is 12.1 Å². The van der Waals surface area contributed by atoms with Crippen LogP contribution in [0.2, 0.25) is 0 Å². The second-order valence-corrected chi connectivity index (χ2v) is 5.13. The Labute approximate surface area is 117 Å². The third-order valence-electron chi connectivity index (χ3n) is 2.46. The highest BCUT2D eigenvalue weighted by molar-refractivity contribution is 8.00. The van der Waals surface area contributed by atoms with E-state index in [2.05, 4.69) is 10.6 Å². The number of thioether (sulfide) groups is 1. The fourth-order valence-electron chi connectivity index (χ4n) is 1.41. The molecule has 0 aromatic heterocycles. The fourth-order valence-corrected chi connectivity index (χ4v) is 2.29. The number of nitrogens with two attached hydrogens (primary N) is 1. The van der Waals surface area contributed by atoms with E-state index >= 15 is 0 Å². The first-order valence-corrected chi connectivity index (χ1v) is 6.98. The molecule has 0 aliphatic carbocycles. The van der Waals surface area contributed by atoms with Gasteiger partial charge in [-0.3, -0.25) is 9.59 Å². The summed E-state index contributed by atoms with van der Waals surface area (Å²) in [5, 5.41) is 5.34. The summed E-state index contributed by atoms with van der Waals surface area (Å²) in [6.45, 7) is 4.26. The molecule has 0 aliphatic heterocycles. The second kappa shape index (κ2) is 7.68. The average Bonchev–Trinajstić information content (AvgIpc) is 2.36. The number of para-hydroxylation sites is 1. The highest BCUT2D eigenvalue weighted by Gasteiger charge is 2.06. The maximum atomic E-state index is 11.6. The Morgan fingerprint density at radius 2 is 1.95 bits per heavy atom. The van der Waals surface area contributed by atoms with E-state index in [0.29, 0.717) is 18.8 Å². The van der Waals surface area contributed by atoms with Gasteiger partial charge < -0.3 is 16.4 Å². The molecule has 0 unspecified atom stereocenters. The van der Waals surface area contributed by atoms with Crippen molar-refractivity contribution in [3.8, 4) is 0 Å². The van der Waals surface area contributed by atoms with Crippen LogP contribution in [0.15, 0.2) is 23.1 Å². The van der Waals surface area contributed by atoms with E-state index in [0.717, 1.165) is 16.1 Å². The minimum absolute atomic E-state index is 0.0729. The van der Waals surface area contributed by atoms with Crippen molar-refractivity contribution in [2.75, 3.05) is 24.6 Å². The van der Waals surface area contributed by atoms with Crippen LogP contribution in [0.3, 0.4) is 0 Å². The van der Waals surface area contributed by atoms with Crippen molar-refractivity contribution in [1.82, 2.24) is 10.6 Å². The molecular weight excluding hydrogens is 262 g/mol. The van der Waals surface area contributed by atoms with Crippen LogP contribution in [0.4, 0.5) is 5.69 Å². The summed E-state index contributed by atoms with van der Waals surface area (Å²) in [5.74, 6) is 0.140. The molecule has 0 saturated heterocycles. The van der Waals surface area contributed by atoms with Gasteiger partial charge in [0.25, 0.3) is 0 Å². The maximum Gasteiger partial charge on any atom is 0.230 e. The molecule has 4 N–H and O–H groups in total. The number of hydrogen-bond donors (Lipinski definition) is 3. The molecule has 0 fully saturated rings. The van der Waals surface area contributed by atoms with Crippen molar-refractivity contribution < 1.29 is 9.59 Å². The van der Waals surface area contributed by atoms with Gasteiger partial charge in [0.2, 0.25) is 11.8 Å².